The molecule has 0 spiro atoms. The summed E-state index contributed by atoms with van der Waals surface area (Å²) in [4.78, 5) is 20.8. The van der Waals surface area contributed by atoms with Crippen molar-refractivity contribution in [3.63, 3.8) is 0 Å². The van der Waals surface area contributed by atoms with E-state index in [2.05, 4.69) is 20.4 Å². The average molecular weight is 458 g/mol. The fourth-order valence-corrected chi connectivity index (χ4v) is 3.70. The van der Waals surface area contributed by atoms with Crippen molar-refractivity contribution >= 4 is 5.91 Å². The van der Waals surface area contributed by atoms with Crippen molar-refractivity contribution in [2.24, 2.45) is 0 Å². The summed E-state index contributed by atoms with van der Waals surface area (Å²) < 4.78 is 38.4. The molecule has 33 heavy (non-hydrogen) atoms. The Labute approximate surface area is 189 Å². The second-order valence-corrected chi connectivity index (χ2v) is 8.11. The van der Waals surface area contributed by atoms with Crippen molar-refractivity contribution in [1.29, 1.82) is 0 Å². The molecule has 3 aromatic rings. The van der Waals surface area contributed by atoms with Crippen molar-refractivity contribution in [1.82, 2.24) is 20.4 Å². The highest BCUT2D eigenvalue weighted by Gasteiger charge is 2.46. The Hall–Kier alpha value is -3.40. The Morgan fingerprint density at radius 1 is 1.24 bits per heavy atom. The van der Waals surface area contributed by atoms with Crippen LogP contribution in [0.3, 0.4) is 0 Å². The van der Waals surface area contributed by atoms with Gasteiger partial charge in [-0.15, -0.1) is 0 Å². The zero-order valence-corrected chi connectivity index (χ0v) is 18.2. The second kappa shape index (κ2) is 9.22. The molecule has 0 bridgehead atoms. The van der Waals surface area contributed by atoms with Crippen LogP contribution < -0.4 is 10.1 Å². The van der Waals surface area contributed by atoms with Crippen LogP contribution in [-0.4, -0.2) is 44.2 Å². The van der Waals surface area contributed by atoms with Gasteiger partial charge in [0.1, 0.15) is 24.2 Å². The zero-order valence-electron chi connectivity index (χ0n) is 18.2. The largest absolute Gasteiger partial charge is 0.473 e. The summed E-state index contributed by atoms with van der Waals surface area (Å²) in [7, 11) is 0. The molecule has 0 unspecified atom stereocenters. The monoisotopic (exact) mass is 458 g/mol. The van der Waals surface area contributed by atoms with Crippen LogP contribution in [0.5, 0.6) is 5.88 Å². The van der Waals surface area contributed by atoms with Gasteiger partial charge in [-0.2, -0.15) is 0 Å². The molecule has 1 aliphatic carbocycles. The lowest BCUT2D eigenvalue weighted by Gasteiger charge is -2.34. The minimum absolute atomic E-state index is 0.139. The summed E-state index contributed by atoms with van der Waals surface area (Å²) in [6.45, 7) is 3.81. The summed E-state index contributed by atoms with van der Waals surface area (Å²) in [5.74, 6) is -2.92. The lowest BCUT2D eigenvalue weighted by Crippen LogP contribution is -2.54. The fourth-order valence-electron chi connectivity index (χ4n) is 3.70. The number of hydrogen-bond donors (Lipinski definition) is 2. The van der Waals surface area contributed by atoms with Gasteiger partial charge in [-0.05, 0) is 44.9 Å². The minimum Gasteiger partial charge on any atom is -0.473 e. The summed E-state index contributed by atoms with van der Waals surface area (Å²) in [5, 5.41) is 16.4. The van der Waals surface area contributed by atoms with Gasteiger partial charge in [0, 0.05) is 36.1 Å². The first kappa shape index (κ1) is 22.8. The number of carbonyl (C=O) groups excluding carboxylic acids is 1. The van der Waals surface area contributed by atoms with Gasteiger partial charge in [0.15, 0.2) is 0 Å². The normalized spacial score (nSPS) is 19.8. The number of carbonyl (C=O) groups is 1. The van der Waals surface area contributed by atoms with E-state index in [9.17, 15) is 18.7 Å². The van der Waals surface area contributed by atoms with Crippen molar-refractivity contribution < 1.29 is 27.9 Å². The maximum Gasteiger partial charge on any atom is 0.275 e. The van der Waals surface area contributed by atoms with E-state index in [4.69, 9.17) is 9.26 Å². The Kier molecular flexibility index (Phi) is 6.37. The van der Waals surface area contributed by atoms with E-state index in [1.54, 1.807) is 13.1 Å². The molecule has 8 nitrogen and oxygen atoms in total. The van der Waals surface area contributed by atoms with E-state index >= 15 is 0 Å². The molecular weight excluding hydrogens is 434 g/mol. The van der Waals surface area contributed by atoms with Crippen molar-refractivity contribution in [2.75, 3.05) is 0 Å². The first-order valence-electron chi connectivity index (χ1n) is 10.6. The lowest BCUT2D eigenvalue weighted by atomic mass is 9.89. The molecule has 2 N–H and O–H groups in total. The van der Waals surface area contributed by atoms with Crippen LogP contribution in [0.2, 0.25) is 0 Å². The Morgan fingerprint density at radius 2 is 2.06 bits per heavy atom. The Balaban J connectivity index is 1.39. The van der Waals surface area contributed by atoms with Crippen molar-refractivity contribution in [2.45, 2.75) is 57.8 Å². The molecule has 3 heterocycles. The van der Waals surface area contributed by atoms with Crippen molar-refractivity contribution in [3.8, 4) is 17.1 Å². The van der Waals surface area contributed by atoms with Crippen LogP contribution in [0.15, 0.2) is 41.2 Å². The molecule has 1 fully saturated rings. The number of aryl methyl sites for hydroxylation is 2. The maximum atomic E-state index is 13.7. The number of ether oxygens (including phenoxy) is 1. The molecule has 3 aromatic heterocycles. The number of aliphatic hydroxyl groups is 1. The number of rotatable bonds is 6. The lowest BCUT2D eigenvalue weighted by molar-refractivity contribution is -0.141. The standard InChI is InChI=1S/C23H24F2N4O4/c1-13-5-6-15(10-26-13)20-17(14(2)33-29-20)12-32-19-8-7-16(11-27-19)22(31)28-18-4-3-9-23(24,25)21(18)30/h5-8,10-11,18,21,30H,3-4,9,12H2,1-2H3,(H,28,31)/t18-,21+/m1/s1. The minimum atomic E-state index is -3.21. The molecular formula is C23H24F2N4O4. The number of aliphatic hydroxyl groups excluding tert-OH is 1. The SMILES string of the molecule is Cc1ccc(-c2noc(C)c2COc2ccc(C(=O)N[C@@H]3CCCC(F)(F)[C@H]3O)cn2)cn1. The molecule has 0 aromatic carbocycles. The maximum absolute atomic E-state index is 13.7. The van der Waals surface area contributed by atoms with Crippen molar-refractivity contribution in [3.05, 3.63) is 59.2 Å². The smallest absolute Gasteiger partial charge is 0.275 e. The molecule has 1 amide bonds. The highest BCUT2D eigenvalue weighted by Crippen LogP contribution is 2.33. The fraction of sp³-hybridized carbons (Fsp3) is 0.391. The summed E-state index contributed by atoms with van der Waals surface area (Å²) in [6.07, 6.45) is 1.22. The number of halogens is 2. The van der Waals surface area contributed by atoms with Crippen LogP contribution in [0.4, 0.5) is 8.78 Å². The highest BCUT2D eigenvalue weighted by molar-refractivity contribution is 5.94. The number of amides is 1. The van der Waals surface area contributed by atoms with E-state index in [-0.39, 0.29) is 37.3 Å². The highest BCUT2D eigenvalue weighted by atomic mass is 19.3. The molecule has 0 aliphatic heterocycles. The van der Waals surface area contributed by atoms with Crippen LogP contribution in [0.25, 0.3) is 11.3 Å². The van der Waals surface area contributed by atoms with Gasteiger partial charge < -0.3 is 19.7 Å². The third-order valence-electron chi connectivity index (χ3n) is 5.69. The second-order valence-electron chi connectivity index (χ2n) is 8.11. The van der Waals surface area contributed by atoms with Crippen LogP contribution >= 0.6 is 0 Å². The van der Waals surface area contributed by atoms with Gasteiger partial charge >= 0.3 is 0 Å². The van der Waals surface area contributed by atoms with Crippen LogP contribution in [0.1, 0.15) is 46.6 Å². The van der Waals surface area contributed by atoms with Gasteiger partial charge in [-0.25, -0.2) is 13.8 Å². The van der Waals surface area contributed by atoms with Gasteiger partial charge in [0.2, 0.25) is 5.88 Å². The van der Waals surface area contributed by atoms with E-state index in [0.717, 1.165) is 16.8 Å². The predicted octanol–water partition coefficient (Wildman–Crippen LogP) is 3.61. The van der Waals surface area contributed by atoms with Gasteiger partial charge in [0.25, 0.3) is 11.8 Å². The number of pyridine rings is 2. The number of alkyl halides is 2. The summed E-state index contributed by atoms with van der Waals surface area (Å²) >= 11 is 0. The van der Waals surface area contributed by atoms with Gasteiger partial charge in [-0.3, -0.25) is 9.78 Å². The van der Waals surface area contributed by atoms with Gasteiger partial charge in [0.05, 0.1) is 17.2 Å². The van der Waals surface area contributed by atoms with E-state index in [1.807, 2.05) is 19.1 Å². The molecule has 0 saturated heterocycles. The molecule has 0 radical (unpaired) electrons. The first-order chi connectivity index (χ1) is 15.7. The third-order valence-corrected chi connectivity index (χ3v) is 5.69. The molecule has 10 heteroatoms. The van der Waals surface area contributed by atoms with E-state index < -0.39 is 24.0 Å². The topological polar surface area (TPSA) is 110 Å². The van der Waals surface area contributed by atoms with Gasteiger partial charge in [-0.1, -0.05) is 5.16 Å². The summed E-state index contributed by atoms with van der Waals surface area (Å²) in [6, 6.07) is 5.76. The van der Waals surface area contributed by atoms with E-state index in [0.29, 0.717) is 11.5 Å². The first-order valence-corrected chi connectivity index (χ1v) is 10.6. The number of nitrogens with one attached hydrogen (secondary N) is 1. The quantitative estimate of drug-likeness (QED) is 0.581. The molecule has 174 valence electrons. The molecule has 1 saturated carbocycles. The van der Waals surface area contributed by atoms with Crippen LogP contribution in [-0.2, 0) is 6.61 Å². The molecule has 2 atom stereocenters. The molecule has 4 rings (SSSR count). The zero-order chi connectivity index (χ0) is 23.6. The average Bonchev–Trinajstić information content (AvgIpc) is 3.16. The Bertz CT molecular complexity index is 1120. The Morgan fingerprint density at radius 3 is 2.76 bits per heavy atom. The predicted molar refractivity (Wildman–Crippen MR) is 114 cm³/mol. The summed E-state index contributed by atoms with van der Waals surface area (Å²) in [5.41, 5.74) is 3.23. The molecule has 1 aliphatic rings. The number of aromatic nitrogens is 3. The number of hydrogen-bond acceptors (Lipinski definition) is 7. The van der Waals surface area contributed by atoms with E-state index in [1.165, 1.54) is 18.3 Å². The number of nitrogens with zero attached hydrogens (tertiary/aromatic N) is 3. The third kappa shape index (κ3) is 5.00. The van der Waals surface area contributed by atoms with Crippen LogP contribution in [0, 0.1) is 13.8 Å².